The highest BCUT2D eigenvalue weighted by Crippen LogP contribution is 2.31. The lowest BCUT2D eigenvalue weighted by Crippen LogP contribution is -2.49. The number of hydrogen-bond donors (Lipinski definition) is 2. The van der Waals surface area contributed by atoms with Crippen LogP contribution in [0.25, 0.3) is 0 Å². The van der Waals surface area contributed by atoms with Gasteiger partial charge in [-0.05, 0) is 24.7 Å². The molecule has 110 valence electrons. The van der Waals surface area contributed by atoms with Gasteiger partial charge in [0.15, 0.2) is 11.5 Å². The van der Waals surface area contributed by atoms with Gasteiger partial charge in [0.25, 0.3) is 0 Å². The number of rotatable bonds is 4. The second-order valence-electron chi connectivity index (χ2n) is 5.08. The fourth-order valence-corrected chi connectivity index (χ4v) is 2.51. The summed E-state index contributed by atoms with van der Waals surface area (Å²) in [6.07, 6.45) is 0. The van der Waals surface area contributed by atoms with E-state index in [-0.39, 0.29) is 5.75 Å². The molecule has 3 N–H and O–H groups in total. The Morgan fingerprint density at radius 3 is 2.50 bits per heavy atom. The SMILES string of the molecule is COc1ccc(C(C(N)=O)N2CCN(C)CC2)cc1O. The number of phenolic OH excluding ortho intramolecular Hbond substituents is 1. The van der Waals surface area contributed by atoms with Crippen molar-refractivity contribution in [2.45, 2.75) is 6.04 Å². The lowest BCUT2D eigenvalue weighted by molar-refractivity contribution is -0.124. The van der Waals surface area contributed by atoms with Crippen molar-refractivity contribution < 1.29 is 14.6 Å². The Morgan fingerprint density at radius 2 is 2.00 bits per heavy atom. The second kappa shape index (κ2) is 6.11. The minimum atomic E-state index is -0.513. The summed E-state index contributed by atoms with van der Waals surface area (Å²) >= 11 is 0. The van der Waals surface area contributed by atoms with E-state index in [2.05, 4.69) is 11.9 Å². The molecule has 20 heavy (non-hydrogen) atoms. The molecule has 2 rings (SSSR count). The van der Waals surface area contributed by atoms with Crippen molar-refractivity contribution >= 4 is 5.91 Å². The van der Waals surface area contributed by atoms with Crippen LogP contribution in [0.2, 0.25) is 0 Å². The first-order chi connectivity index (χ1) is 9.52. The van der Waals surface area contributed by atoms with Gasteiger partial charge in [-0.25, -0.2) is 0 Å². The molecular formula is C14H21N3O3. The largest absolute Gasteiger partial charge is 0.504 e. The van der Waals surface area contributed by atoms with Crippen molar-refractivity contribution in [1.82, 2.24) is 9.80 Å². The molecule has 0 aliphatic carbocycles. The van der Waals surface area contributed by atoms with Gasteiger partial charge in [-0.1, -0.05) is 6.07 Å². The second-order valence-corrected chi connectivity index (χ2v) is 5.08. The van der Waals surface area contributed by atoms with Crippen LogP contribution in [0.15, 0.2) is 18.2 Å². The number of primary amides is 1. The fourth-order valence-electron chi connectivity index (χ4n) is 2.51. The number of carbonyl (C=O) groups is 1. The monoisotopic (exact) mass is 279 g/mol. The predicted molar refractivity (Wildman–Crippen MR) is 75.7 cm³/mol. The van der Waals surface area contributed by atoms with E-state index in [1.165, 1.54) is 7.11 Å². The summed E-state index contributed by atoms with van der Waals surface area (Å²) in [4.78, 5) is 16.1. The van der Waals surface area contributed by atoms with Crippen molar-refractivity contribution in [2.75, 3.05) is 40.3 Å². The number of phenols is 1. The van der Waals surface area contributed by atoms with E-state index in [1.807, 2.05) is 4.90 Å². The number of likely N-dealkylation sites (N-methyl/N-ethyl adjacent to an activating group) is 1. The molecule has 1 aromatic rings. The number of hydrogen-bond acceptors (Lipinski definition) is 5. The average molecular weight is 279 g/mol. The average Bonchev–Trinajstić information content (AvgIpc) is 2.41. The van der Waals surface area contributed by atoms with E-state index >= 15 is 0 Å². The molecule has 1 aliphatic rings. The third kappa shape index (κ3) is 3.02. The molecule has 6 nitrogen and oxygen atoms in total. The first kappa shape index (κ1) is 14.6. The normalized spacial score (nSPS) is 18.7. The number of ether oxygens (including phenoxy) is 1. The zero-order chi connectivity index (χ0) is 14.7. The molecule has 1 aromatic carbocycles. The molecule has 1 aliphatic heterocycles. The maximum Gasteiger partial charge on any atom is 0.239 e. The third-order valence-corrected chi connectivity index (χ3v) is 3.69. The van der Waals surface area contributed by atoms with Crippen molar-refractivity contribution in [3.8, 4) is 11.5 Å². The van der Waals surface area contributed by atoms with E-state index in [9.17, 15) is 9.90 Å². The Bertz CT molecular complexity index is 485. The lowest BCUT2D eigenvalue weighted by Gasteiger charge is -2.36. The van der Waals surface area contributed by atoms with Gasteiger partial charge in [-0.2, -0.15) is 0 Å². The van der Waals surface area contributed by atoms with Gasteiger partial charge in [0.05, 0.1) is 7.11 Å². The minimum absolute atomic E-state index is 0.0189. The minimum Gasteiger partial charge on any atom is -0.504 e. The number of aromatic hydroxyl groups is 1. The first-order valence-corrected chi connectivity index (χ1v) is 6.61. The highest BCUT2D eigenvalue weighted by atomic mass is 16.5. The summed E-state index contributed by atoms with van der Waals surface area (Å²) in [5.41, 5.74) is 6.24. The molecule has 0 spiro atoms. The van der Waals surface area contributed by atoms with Gasteiger partial charge in [0.2, 0.25) is 5.91 Å². The molecule has 6 heteroatoms. The third-order valence-electron chi connectivity index (χ3n) is 3.69. The summed E-state index contributed by atoms with van der Waals surface area (Å²) in [7, 11) is 3.54. The van der Waals surface area contributed by atoms with Crippen LogP contribution in [-0.2, 0) is 4.79 Å². The molecule has 0 aromatic heterocycles. The Balaban J connectivity index is 2.24. The van der Waals surface area contributed by atoms with Crippen LogP contribution >= 0.6 is 0 Å². The maximum atomic E-state index is 11.8. The summed E-state index contributed by atoms with van der Waals surface area (Å²) < 4.78 is 5.01. The zero-order valence-corrected chi connectivity index (χ0v) is 11.9. The first-order valence-electron chi connectivity index (χ1n) is 6.61. The van der Waals surface area contributed by atoms with Gasteiger partial charge < -0.3 is 20.5 Å². The topological polar surface area (TPSA) is 79.0 Å². The number of nitrogens with zero attached hydrogens (tertiary/aromatic N) is 2. The van der Waals surface area contributed by atoms with Crippen molar-refractivity contribution in [3.63, 3.8) is 0 Å². The van der Waals surface area contributed by atoms with E-state index < -0.39 is 11.9 Å². The smallest absolute Gasteiger partial charge is 0.239 e. The lowest BCUT2D eigenvalue weighted by atomic mass is 10.0. The number of methoxy groups -OCH3 is 1. The molecule has 1 unspecified atom stereocenters. The Labute approximate surface area is 118 Å². The molecule has 1 saturated heterocycles. The van der Waals surface area contributed by atoms with Crippen LogP contribution in [0.3, 0.4) is 0 Å². The van der Waals surface area contributed by atoms with Crippen molar-refractivity contribution in [2.24, 2.45) is 5.73 Å². The number of carbonyl (C=O) groups excluding carboxylic acids is 1. The molecule has 0 bridgehead atoms. The van der Waals surface area contributed by atoms with E-state index in [0.717, 1.165) is 26.2 Å². The van der Waals surface area contributed by atoms with Crippen LogP contribution in [0.1, 0.15) is 11.6 Å². The summed E-state index contributed by atoms with van der Waals surface area (Å²) in [6, 6.07) is 4.45. The molecule has 0 radical (unpaired) electrons. The van der Waals surface area contributed by atoms with Crippen LogP contribution in [0.4, 0.5) is 0 Å². The fraction of sp³-hybridized carbons (Fsp3) is 0.500. The predicted octanol–water partition coefficient (Wildman–Crippen LogP) is 0.175. The Morgan fingerprint density at radius 1 is 1.35 bits per heavy atom. The van der Waals surface area contributed by atoms with Gasteiger partial charge in [0.1, 0.15) is 6.04 Å². The molecule has 0 saturated carbocycles. The van der Waals surface area contributed by atoms with Crippen LogP contribution < -0.4 is 10.5 Å². The number of piperazine rings is 1. The summed E-state index contributed by atoms with van der Waals surface area (Å²) in [5, 5.41) is 9.86. The Kier molecular flexibility index (Phi) is 4.46. The van der Waals surface area contributed by atoms with Gasteiger partial charge in [-0.3, -0.25) is 9.69 Å². The van der Waals surface area contributed by atoms with Gasteiger partial charge in [-0.15, -0.1) is 0 Å². The molecular weight excluding hydrogens is 258 g/mol. The number of amides is 1. The van der Waals surface area contributed by atoms with Gasteiger partial charge >= 0.3 is 0 Å². The molecule has 1 atom stereocenters. The van der Waals surface area contributed by atoms with Crippen LogP contribution in [0.5, 0.6) is 11.5 Å². The quantitative estimate of drug-likeness (QED) is 0.821. The summed E-state index contributed by atoms with van der Waals surface area (Å²) in [5.74, 6) is -0.000143. The van der Waals surface area contributed by atoms with Crippen molar-refractivity contribution in [3.05, 3.63) is 23.8 Å². The number of nitrogens with two attached hydrogens (primary N) is 1. The van der Waals surface area contributed by atoms with Crippen LogP contribution in [0, 0.1) is 0 Å². The molecule has 1 fully saturated rings. The zero-order valence-electron chi connectivity index (χ0n) is 11.9. The van der Waals surface area contributed by atoms with E-state index in [1.54, 1.807) is 18.2 Å². The van der Waals surface area contributed by atoms with E-state index in [0.29, 0.717) is 11.3 Å². The highest BCUT2D eigenvalue weighted by molar-refractivity contribution is 5.81. The molecule has 1 amide bonds. The highest BCUT2D eigenvalue weighted by Gasteiger charge is 2.28. The van der Waals surface area contributed by atoms with Crippen molar-refractivity contribution in [1.29, 1.82) is 0 Å². The Hall–Kier alpha value is -1.79. The number of benzene rings is 1. The van der Waals surface area contributed by atoms with E-state index in [4.69, 9.17) is 10.5 Å². The van der Waals surface area contributed by atoms with Gasteiger partial charge in [0, 0.05) is 26.2 Å². The summed E-state index contributed by atoms with van der Waals surface area (Å²) in [6.45, 7) is 3.34. The maximum absolute atomic E-state index is 11.8. The molecule has 1 heterocycles. The standard InChI is InChI=1S/C14H21N3O3/c1-16-5-7-17(8-6-16)13(14(15)19)10-3-4-12(20-2)11(18)9-10/h3-4,9,13,18H,5-8H2,1-2H3,(H2,15,19). The van der Waals surface area contributed by atoms with Crippen LogP contribution in [-0.4, -0.2) is 61.2 Å².